The molecule has 1 aromatic rings. The molecule has 31 heavy (non-hydrogen) atoms. The fourth-order valence-electron chi connectivity index (χ4n) is 4.98. The molecule has 1 aliphatic heterocycles. The van der Waals surface area contributed by atoms with Crippen LogP contribution in [0.5, 0.6) is 11.5 Å². The molecule has 0 amide bonds. The molecule has 8 heteroatoms. The van der Waals surface area contributed by atoms with Crippen molar-refractivity contribution in [1.29, 1.82) is 0 Å². The van der Waals surface area contributed by atoms with E-state index in [1.54, 1.807) is 18.1 Å². The summed E-state index contributed by atoms with van der Waals surface area (Å²) in [4.78, 5) is 39.7. The highest BCUT2D eigenvalue weighted by atomic mass is 79.9. The van der Waals surface area contributed by atoms with Crippen LogP contribution in [0.15, 0.2) is 39.1 Å². The van der Waals surface area contributed by atoms with Gasteiger partial charge in [-0.25, -0.2) is 0 Å². The number of carboxylic acid groups (broad SMARTS) is 1. The van der Waals surface area contributed by atoms with E-state index < -0.39 is 11.9 Å². The molecule has 2 aliphatic carbocycles. The van der Waals surface area contributed by atoms with E-state index in [1.807, 2.05) is 6.07 Å². The highest BCUT2D eigenvalue weighted by molar-refractivity contribution is 9.10. The van der Waals surface area contributed by atoms with Crippen LogP contribution in [0.1, 0.15) is 50.0 Å². The van der Waals surface area contributed by atoms with Crippen LogP contribution in [0.3, 0.4) is 0 Å². The van der Waals surface area contributed by atoms with Gasteiger partial charge in [0.05, 0.1) is 18.7 Å². The van der Waals surface area contributed by atoms with Crippen LogP contribution in [0.2, 0.25) is 0 Å². The number of allylic oxidation sites excluding steroid dienone is 4. The lowest BCUT2D eigenvalue weighted by molar-refractivity contribution is -0.138. The summed E-state index contributed by atoms with van der Waals surface area (Å²) in [5.74, 6) is -0.553. The van der Waals surface area contributed by atoms with Gasteiger partial charge in [0.1, 0.15) is 6.54 Å². The quantitative estimate of drug-likeness (QED) is 0.668. The standard InChI is InChI=1S/C23H24BrNO6/c1-30-18-10-12(9-13(24)23(18)31-2)20-21-14(5-3-7-16(21)26)25(11-19(28)29)15-6-4-8-17(27)22(15)20/h9-10,20H,3-8,11H2,1-2H3,(H,28,29). The molecule has 0 spiro atoms. The molecule has 1 aromatic carbocycles. The summed E-state index contributed by atoms with van der Waals surface area (Å²) in [7, 11) is 3.08. The minimum Gasteiger partial charge on any atom is -0.493 e. The summed E-state index contributed by atoms with van der Waals surface area (Å²) in [6.45, 7) is -0.249. The van der Waals surface area contributed by atoms with Gasteiger partial charge in [-0.2, -0.15) is 0 Å². The van der Waals surface area contributed by atoms with Gasteiger partial charge in [0.25, 0.3) is 0 Å². The van der Waals surface area contributed by atoms with E-state index in [9.17, 15) is 19.5 Å². The van der Waals surface area contributed by atoms with Crippen LogP contribution in [0, 0.1) is 0 Å². The maximum atomic E-state index is 13.2. The molecule has 0 aromatic heterocycles. The third-order valence-corrected chi connectivity index (χ3v) is 6.76. The number of hydrogen-bond donors (Lipinski definition) is 1. The van der Waals surface area contributed by atoms with Crippen molar-refractivity contribution >= 4 is 33.5 Å². The molecule has 1 N–H and O–H groups in total. The van der Waals surface area contributed by atoms with Gasteiger partial charge in [-0.05, 0) is 59.3 Å². The lowest BCUT2D eigenvalue weighted by Gasteiger charge is -2.43. The van der Waals surface area contributed by atoms with Crippen LogP contribution >= 0.6 is 15.9 Å². The van der Waals surface area contributed by atoms with Crippen molar-refractivity contribution in [3.8, 4) is 11.5 Å². The second-order valence-corrected chi connectivity index (χ2v) is 8.78. The van der Waals surface area contributed by atoms with E-state index in [1.165, 1.54) is 7.11 Å². The number of carboxylic acids is 1. The lowest BCUT2D eigenvalue weighted by Crippen LogP contribution is -2.41. The Labute approximate surface area is 188 Å². The number of halogens is 1. The van der Waals surface area contributed by atoms with Gasteiger partial charge in [0.15, 0.2) is 23.1 Å². The number of ketones is 2. The van der Waals surface area contributed by atoms with Crippen molar-refractivity contribution in [2.45, 2.75) is 44.4 Å². The van der Waals surface area contributed by atoms with Crippen molar-refractivity contribution in [3.63, 3.8) is 0 Å². The van der Waals surface area contributed by atoms with E-state index >= 15 is 0 Å². The van der Waals surface area contributed by atoms with Gasteiger partial charge >= 0.3 is 5.97 Å². The number of hydrogen-bond acceptors (Lipinski definition) is 6. The van der Waals surface area contributed by atoms with Crippen LogP contribution in [0.25, 0.3) is 0 Å². The van der Waals surface area contributed by atoms with E-state index in [2.05, 4.69) is 15.9 Å². The van der Waals surface area contributed by atoms with Gasteiger partial charge in [-0.1, -0.05) is 0 Å². The Morgan fingerprint density at radius 1 is 1.03 bits per heavy atom. The lowest BCUT2D eigenvalue weighted by atomic mass is 9.71. The highest BCUT2D eigenvalue weighted by Crippen LogP contribution is 2.50. The first-order valence-electron chi connectivity index (χ1n) is 10.3. The molecule has 0 radical (unpaired) electrons. The van der Waals surface area contributed by atoms with Gasteiger partial charge in [0, 0.05) is 41.3 Å². The van der Waals surface area contributed by atoms with Gasteiger partial charge in [-0.3, -0.25) is 14.4 Å². The smallest absolute Gasteiger partial charge is 0.323 e. The fraction of sp³-hybridized carbons (Fsp3) is 0.435. The number of aliphatic carboxylic acids is 1. The molecule has 0 saturated carbocycles. The molecule has 0 saturated heterocycles. The topological polar surface area (TPSA) is 93.1 Å². The molecule has 4 rings (SSSR count). The average Bonchev–Trinajstić information content (AvgIpc) is 2.73. The number of benzene rings is 1. The molecule has 0 bridgehead atoms. The number of Topliss-reactive ketones (excluding diaryl/α,β-unsaturated/α-hetero) is 2. The van der Waals surface area contributed by atoms with Crippen LogP contribution in [-0.2, 0) is 14.4 Å². The predicted octanol–water partition coefficient (Wildman–Crippen LogP) is 3.96. The van der Waals surface area contributed by atoms with Gasteiger partial charge in [-0.15, -0.1) is 0 Å². The zero-order valence-corrected chi connectivity index (χ0v) is 19.1. The number of carbonyl (C=O) groups excluding carboxylic acids is 2. The molecule has 3 aliphatic rings. The average molecular weight is 490 g/mol. The Balaban J connectivity index is 1.98. The van der Waals surface area contributed by atoms with Crippen LogP contribution in [-0.4, -0.2) is 48.3 Å². The SMILES string of the molecule is COc1cc(C2C3=C(CCCC3=O)N(CC(=O)O)C3=C2C(=O)CCC3)cc(Br)c1OC. The zero-order chi connectivity index (χ0) is 22.3. The highest BCUT2D eigenvalue weighted by Gasteiger charge is 2.44. The van der Waals surface area contributed by atoms with E-state index in [0.29, 0.717) is 65.6 Å². The normalized spacial score (nSPS) is 19.4. The summed E-state index contributed by atoms with van der Waals surface area (Å²) in [5.41, 5.74) is 3.32. The molecule has 164 valence electrons. The maximum Gasteiger partial charge on any atom is 0.323 e. The Kier molecular flexibility index (Phi) is 5.92. The molecular weight excluding hydrogens is 466 g/mol. The van der Waals surface area contributed by atoms with Gasteiger partial charge in [0.2, 0.25) is 0 Å². The number of rotatable bonds is 5. The van der Waals surface area contributed by atoms with E-state index in [-0.39, 0.29) is 18.1 Å². The Morgan fingerprint density at radius 3 is 2.10 bits per heavy atom. The first-order valence-corrected chi connectivity index (χ1v) is 11.1. The predicted molar refractivity (Wildman–Crippen MR) is 116 cm³/mol. The number of carbonyl (C=O) groups is 3. The second-order valence-electron chi connectivity index (χ2n) is 7.93. The monoisotopic (exact) mass is 489 g/mol. The largest absolute Gasteiger partial charge is 0.493 e. The van der Waals surface area contributed by atoms with Crippen LogP contribution < -0.4 is 9.47 Å². The summed E-state index contributed by atoms with van der Waals surface area (Å²) in [6.07, 6.45) is 3.36. The number of methoxy groups -OCH3 is 2. The van der Waals surface area contributed by atoms with Crippen LogP contribution in [0.4, 0.5) is 0 Å². The summed E-state index contributed by atoms with van der Waals surface area (Å²) in [5, 5.41) is 9.53. The van der Waals surface area contributed by atoms with E-state index in [4.69, 9.17) is 9.47 Å². The van der Waals surface area contributed by atoms with E-state index in [0.717, 1.165) is 17.0 Å². The zero-order valence-electron chi connectivity index (χ0n) is 17.5. The van der Waals surface area contributed by atoms with Gasteiger partial charge < -0.3 is 19.5 Å². The minimum atomic E-state index is -0.984. The Hall–Kier alpha value is -2.61. The number of nitrogens with zero attached hydrogens (tertiary/aromatic N) is 1. The number of ether oxygens (including phenoxy) is 2. The molecule has 1 heterocycles. The minimum absolute atomic E-state index is 0.0301. The van der Waals surface area contributed by atoms with Crippen molar-refractivity contribution < 1.29 is 29.0 Å². The first-order chi connectivity index (χ1) is 14.9. The van der Waals surface area contributed by atoms with Crippen molar-refractivity contribution in [2.24, 2.45) is 0 Å². The summed E-state index contributed by atoms with van der Waals surface area (Å²) in [6, 6.07) is 3.66. The van der Waals surface area contributed by atoms with Crippen molar-refractivity contribution in [1.82, 2.24) is 4.90 Å². The molecule has 7 nitrogen and oxygen atoms in total. The third kappa shape index (κ3) is 3.67. The third-order valence-electron chi connectivity index (χ3n) is 6.17. The molecule has 0 unspecified atom stereocenters. The molecule has 0 fully saturated rings. The second kappa shape index (κ2) is 8.49. The van der Waals surface area contributed by atoms with Crippen molar-refractivity contribution in [3.05, 3.63) is 44.7 Å². The Morgan fingerprint density at radius 2 is 1.61 bits per heavy atom. The summed E-state index contributed by atoms with van der Waals surface area (Å²) >= 11 is 3.52. The molecular formula is C23H24BrNO6. The fourth-order valence-corrected chi connectivity index (χ4v) is 5.60. The van der Waals surface area contributed by atoms with Crippen molar-refractivity contribution in [2.75, 3.05) is 20.8 Å². The molecule has 0 atom stereocenters. The maximum absolute atomic E-state index is 13.2. The summed E-state index contributed by atoms with van der Waals surface area (Å²) < 4.78 is 11.6. The Bertz CT molecular complexity index is 997. The first kappa shape index (κ1) is 21.6.